The molecule has 10 nitrogen and oxygen atoms in total. The zero-order chi connectivity index (χ0) is 23.4. The lowest BCUT2D eigenvalue weighted by atomic mass is 10.2. The molecule has 1 aliphatic heterocycles. The van der Waals surface area contributed by atoms with Gasteiger partial charge in [0.2, 0.25) is 5.95 Å². The van der Waals surface area contributed by atoms with Crippen LogP contribution in [0.25, 0.3) is 11.2 Å². The smallest absolute Gasteiger partial charge is 0.306 e. The van der Waals surface area contributed by atoms with Crippen molar-refractivity contribution < 1.29 is 9.53 Å². The number of nitrogens with zero attached hydrogens (tertiary/aromatic N) is 5. The molecule has 0 saturated carbocycles. The second-order valence-corrected chi connectivity index (χ2v) is 7.69. The van der Waals surface area contributed by atoms with Crippen LogP contribution in [0.4, 0.5) is 5.95 Å². The van der Waals surface area contributed by atoms with Gasteiger partial charge < -0.3 is 20.7 Å². The van der Waals surface area contributed by atoms with E-state index < -0.39 is 0 Å². The van der Waals surface area contributed by atoms with Crippen LogP contribution in [0.5, 0.6) is 11.8 Å². The van der Waals surface area contributed by atoms with Gasteiger partial charge in [-0.3, -0.25) is 18.7 Å². The largest absolute Gasteiger partial charge is 0.425 e. The highest BCUT2D eigenvalue weighted by Crippen LogP contribution is 2.27. The van der Waals surface area contributed by atoms with Crippen molar-refractivity contribution in [1.82, 2.24) is 24.0 Å². The van der Waals surface area contributed by atoms with E-state index >= 15 is 0 Å². The van der Waals surface area contributed by atoms with E-state index in [0.29, 0.717) is 35.9 Å². The van der Waals surface area contributed by atoms with E-state index in [1.165, 1.54) is 4.57 Å². The molecule has 0 spiro atoms. The van der Waals surface area contributed by atoms with Crippen LogP contribution in [0, 0.1) is 11.8 Å². The number of nitrogens with two attached hydrogens (primary N) is 1. The molecule has 0 unspecified atom stereocenters. The second kappa shape index (κ2) is 9.75. The first-order valence-electron chi connectivity index (χ1n) is 10.9. The van der Waals surface area contributed by atoms with Gasteiger partial charge in [0, 0.05) is 33.2 Å². The summed E-state index contributed by atoms with van der Waals surface area (Å²) in [6.45, 7) is 4.36. The van der Waals surface area contributed by atoms with Crippen LogP contribution in [0.2, 0.25) is 0 Å². The summed E-state index contributed by atoms with van der Waals surface area (Å²) >= 11 is 0. The molecule has 1 amide bonds. The van der Waals surface area contributed by atoms with Gasteiger partial charge in [-0.2, -0.15) is 9.97 Å². The molecule has 33 heavy (non-hydrogen) atoms. The fraction of sp³-hybridized carbons (Fsp3) is 0.391. The molecule has 2 aromatic heterocycles. The molecule has 10 heteroatoms. The van der Waals surface area contributed by atoms with Crippen molar-refractivity contribution in [3.05, 3.63) is 40.2 Å². The van der Waals surface area contributed by atoms with Crippen LogP contribution >= 0.6 is 0 Å². The average Bonchev–Trinajstić information content (AvgIpc) is 3.48. The molecule has 0 radical (unpaired) electrons. The third-order valence-corrected chi connectivity index (χ3v) is 5.50. The van der Waals surface area contributed by atoms with E-state index in [4.69, 9.17) is 10.5 Å². The fourth-order valence-corrected chi connectivity index (χ4v) is 3.78. The molecular weight excluding hydrogens is 422 g/mol. The topological polar surface area (TPSA) is 120 Å². The Morgan fingerprint density at radius 3 is 2.73 bits per heavy atom. The lowest BCUT2D eigenvalue weighted by Gasteiger charge is -2.18. The van der Waals surface area contributed by atoms with E-state index in [1.807, 2.05) is 4.90 Å². The molecule has 3 heterocycles. The van der Waals surface area contributed by atoms with Crippen LogP contribution in [0.15, 0.2) is 29.1 Å². The zero-order valence-electron chi connectivity index (χ0n) is 18.8. The first kappa shape index (κ1) is 22.4. The average molecular weight is 450 g/mol. The van der Waals surface area contributed by atoms with Crippen molar-refractivity contribution in [2.45, 2.75) is 26.3 Å². The van der Waals surface area contributed by atoms with Crippen molar-refractivity contribution in [3.8, 4) is 23.6 Å². The summed E-state index contributed by atoms with van der Waals surface area (Å²) < 4.78 is 9.00. The van der Waals surface area contributed by atoms with Crippen LogP contribution in [-0.2, 0) is 13.6 Å². The lowest BCUT2D eigenvalue weighted by molar-refractivity contribution is 0.0790. The van der Waals surface area contributed by atoms with E-state index in [2.05, 4.69) is 27.1 Å². The summed E-state index contributed by atoms with van der Waals surface area (Å²) in [5.41, 5.74) is 6.26. The number of fused-ring (bicyclic) bond motifs is 1. The summed E-state index contributed by atoms with van der Waals surface area (Å²) in [4.78, 5) is 37.0. The Hall–Kier alpha value is -3.84. The maximum Gasteiger partial charge on any atom is 0.306 e. The van der Waals surface area contributed by atoms with Gasteiger partial charge in [-0.1, -0.05) is 18.1 Å². The fourth-order valence-electron chi connectivity index (χ4n) is 3.78. The number of nitrogens with one attached hydrogen (secondary N) is 1. The van der Waals surface area contributed by atoms with Crippen LogP contribution in [-0.4, -0.2) is 56.1 Å². The molecule has 3 aromatic rings. The van der Waals surface area contributed by atoms with Gasteiger partial charge in [-0.05, 0) is 31.9 Å². The summed E-state index contributed by atoms with van der Waals surface area (Å²) in [7, 11) is 1.57. The first-order chi connectivity index (χ1) is 16.0. The SMILES string of the molecule is CC#CCn1c(NCCN)nc2nc(Oc3ccccc3C(=O)N3CCCC3)n(C)c(=O)c21. The summed E-state index contributed by atoms with van der Waals surface area (Å²) in [6, 6.07) is 7.03. The molecular formula is C23H27N7O3. The number of carbonyl (C=O) groups excluding carboxylic acids is 1. The predicted molar refractivity (Wildman–Crippen MR) is 125 cm³/mol. The van der Waals surface area contributed by atoms with Crippen LogP contribution in [0.3, 0.4) is 0 Å². The summed E-state index contributed by atoms with van der Waals surface area (Å²) in [5.74, 6) is 6.50. The molecule has 4 rings (SSSR count). The Balaban J connectivity index is 1.75. The first-order valence-corrected chi connectivity index (χ1v) is 10.9. The highest BCUT2D eigenvalue weighted by molar-refractivity contribution is 5.97. The maximum absolute atomic E-state index is 13.2. The Kier molecular flexibility index (Phi) is 6.60. The van der Waals surface area contributed by atoms with Gasteiger partial charge in [0.15, 0.2) is 11.2 Å². The third kappa shape index (κ3) is 4.40. The number of likely N-dealkylation sites (tertiary alicyclic amines) is 1. The van der Waals surface area contributed by atoms with Crippen LogP contribution < -0.4 is 21.3 Å². The minimum atomic E-state index is -0.329. The Morgan fingerprint density at radius 2 is 2.00 bits per heavy atom. The van der Waals surface area contributed by atoms with E-state index in [0.717, 1.165) is 25.9 Å². The van der Waals surface area contributed by atoms with Crippen molar-refractivity contribution in [2.24, 2.45) is 12.8 Å². The highest BCUT2D eigenvalue weighted by atomic mass is 16.5. The third-order valence-electron chi connectivity index (χ3n) is 5.50. The minimum absolute atomic E-state index is 0.0470. The quantitative estimate of drug-likeness (QED) is 0.525. The van der Waals surface area contributed by atoms with Gasteiger partial charge in [0.05, 0.1) is 12.1 Å². The molecule has 1 fully saturated rings. The predicted octanol–water partition coefficient (Wildman–Crippen LogP) is 1.55. The number of benzene rings is 1. The Labute approximate surface area is 191 Å². The number of rotatable bonds is 7. The number of amides is 1. The number of hydrogen-bond acceptors (Lipinski definition) is 7. The van der Waals surface area contributed by atoms with E-state index in [1.54, 1.807) is 42.8 Å². The summed E-state index contributed by atoms with van der Waals surface area (Å²) in [5, 5.41) is 3.11. The van der Waals surface area contributed by atoms with Gasteiger partial charge in [-0.25, -0.2) is 0 Å². The summed E-state index contributed by atoms with van der Waals surface area (Å²) in [6.07, 6.45) is 1.99. The monoisotopic (exact) mass is 449 g/mol. The van der Waals surface area contributed by atoms with Crippen LogP contribution in [0.1, 0.15) is 30.1 Å². The molecule has 1 saturated heterocycles. The standard InChI is InChI=1S/C23H27N7O3/c1-3-4-15-30-18-19(26-22(30)25-12-11-24)27-23(28(2)21(18)32)33-17-10-6-5-9-16(17)20(31)29-13-7-8-14-29/h5-6,9-10H,7-8,11-15,24H2,1-2H3,(H,25,26). The zero-order valence-corrected chi connectivity index (χ0v) is 18.8. The molecule has 1 aliphatic rings. The van der Waals surface area contributed by atoms with Gasteiger partial charge >= 0.3 is 6.01 Å². The maximum atomic E-state index is 13.2. The molecule has 0 atom stereocenters. The van der Waals surface area contributed by atoms with Crippen molar-refractivity contribution in [3.63, 3.8) is 0 Å². The molecule has 3 N–H and O–H groups in total. The molecule has 172 valence electrons. The number of hydrogen-bond donors (Lipinski definition) is 2. The molecule has 0 bridgehead atoms. The minimum Gasteiger partial charge on any atom is -0.425 e. The normalized spacial score (nSPS) is 13.1. The Morgan fingerprint density at radius 1 is 1.24 bits per heavy atom. The van der Waals surface area contributed by atoms with Crippen molar-refractivity contribution >= 4 is 23.0 Å². The lowest BCUT2D eigenvalue weighted by Crippen LogP contribution is -2.28. The second-order valence-electron chi connectivity index (χ2n) is 7.69. The van der Waals surface area contributed by atoms with E-state index in [-0.39, 0.29) is 29.7 Å². The number of carbonyl (C=O) groups is 1. The number of aromatic nitrogens is 4. The number of anilines is 1. The number of imidazole rings is 1. The van der Waals surface area contributed by atoms with Crippen molar-refractivity contribution in [2.75, 3.05) is 31.5 Å². The Bertz CT molecular complexity index is 1290. The van der Waals surface area contributed by atoms with E-state index in [9.17, 15) is 9.59 Å². The van der Waals surface area contributed by atoms with Gasteiger partial charge in [-0.15, -0.1) is 5.92 Å². The highest BCUT2D eigenvalue weighted by Gasteiger charge is 2.24. The van der Waals surface area contributed by atoms with Crippen molar-refractivity contribution in [1.29, 1.82) is 0 Å². The number of ether oxygens (including phenoxy) is 1. The van der Waals surface area contributed by atoms with Gasteiger partial charge in [0.1, 0.15) is 5.75 Å². The number of para-hydroxylation sites is 1. The molecule has 1 aromatic carbocycles. The van der Waals surface area contributed by atoms with Gasteiger partial charge in [0.25, 0.3) is 11.5 Å². The molecule has 0 aliphatic carbocycles.